The van der Waals surface area contributed by atoms with Gasteiger partial charge in [0.15, 0.2) is 6.10 Å². The average Bonchev–Trinajstić information content (AvgIpc) is 3.21. The standard InChI is InChI=1S/C23H34N2O3/c1-16(2)21-10-9-20(15-17(21)3)28-18(4)22(26)24-11-13-25(14-12-24)23(27)19-7-5-6-8-19/h9-10,15-16,18-19H,5-8,11-14H2,1-4H3. The SMILES string of the molecule is Cc1cc(OC(C)C(=O)N2CCN(C(=O)C3CCCC3)CC2)ccc1C(C)C. The van der Waals surface area contributed by atoms with Crippen LogP contribution in [0.3, 0.4) is 0 Å². The molecule has 1 aliphatic heterocycles. The number of piperazine rings is 1. The summed E-state index contributed by atoms with van der Waals surface area (Å²) in [5.74, 6) is 1.70. The molecular formula is C23H34N2O3. The van der Waals surface area contributed by atoms with E-state index >= 15 is 0 Å². The molecule has 1 heterocycles. The molecule has 1 saturated carbocycles. The first kappa shape index (κ1) is 20.7. The molecule has 0 N–H and O–H groups in total. The van der Waals surface area contributed by atoms with E-state index in [4.69, 9.17) is 4.74 Å². The predicted octanol–water partition coefficient (Wildman–Crippen LogP) is 3.75. The van der Waals surface area contributed by atoms with Gasteiger partial charge in [-0.2, -0.15) is 0 Å². The lowest BCUT2D eigenvalue weighted by Crippen LogP contribution is -2.54. The summed E-state index contributed by atoms with van der Waals surface area (Å²) in [5, 5.41) is 0. The lowest BCUT2D eigenvalue weighted by molar-refractivity contribution is -0.145. The fourth-order valence-corrected chi connectivity index (χ4v) is 4.46. The van der Waals surface area contributed by atoms with Crippen LogP contribution in [0.15, 0.2) is 18.2 Å². The first-order chi connectivity index (χ1) is 13.4. The maximum Gasteiger partial charge on any atom is 0.263 e. The first-order valence-electron chi connectivity index (χ1n) is 10.7. The summed E-state index contributed by atoms with van der Waals surface area (Å²) >= 11 is 0. The van der Waals surface area contributed by atoms with E-state index in [1.807, 2.05) is 28.9 Å². The number of rotatable bonds is 5. The van der Waals surface area contributed by atoms with Crippen LogP contribution in [0.4, 0.5) is 0 Å². The smallest absolute Gasteiger partial charge is 0.263 e. The summed E-state index contributed by atoms with van der Waals surface area (Å²) in [6.45, 7) is 10.7. The summed E-state index contributed by atoms with van der Waals surface area (Å²) in [5.41, 5.74) is 2.49. The summed E-state index contributed by atoms with van der Waals surface area (Å²) < 4.78 is 5.93. The van der Waals surface area contributed by atoms with Crippen LogP contribution < -0.4 is 4.74 Å². The molecule has 1 atom stereocenters. The molecule has 0 aromatic heterocycles. The molecule has 5 heteroatoms. The molecule has 2 aliphatic rings. The van der Waals surface area contributed by atoms with Crippen LogP contribution in [-0.4, -0.2) is 53.9 Å². The van der Waals surface area contributed by atoms with E-state index in [2.05, 4.69) is 26.8 Å². The topological polar surface area (TPSA) is 49.9 Å². The number of nitrogens with zero attached hydrogens (tertiary/aromatic N) is 2. The largest absolute Gasteiger partial charge is 0.481 e. The zero-order valence-electron chi connectivity index (χ0n) is 17.7. The summed E-state index contributed by atoms with van der Waals surface area (Å²) in [4.78, 5) is 29.1. The molecule has 0 radical (unpaired) electrons. The van der Waals surface area contributed by atoms with Crippen LogP contribution in [0.2, 0.25) is 0 Å². The van der Waals surface area contributed by atoms with Crippen LogP contribution in [-0.2, 0) is 9.59 Å². The van der Waals surface area contributed by atoms with E-state index in [1.165, 1.54) is 24.0 Å². The molecular weight excluding hydrogens is 352 g/mol. The van der Waals surface area contributed by atoms with E-state index < -0.39 is 6.10 Å². The summed E-state index contributed by atoms with van der Waals surface area (Å²) in [7, 11) is 0. The van der Waals surface area contributed by atoms with E-state index in [0.717, 1.165) is 18.6 Å². The van der Waals surface area contributed by atoms with E-state index in [1.54, 1.807) is 0 Å². The minimum Gasteiger partial charge on any atom is -0.481 e. The van der Waals surface area contributed by atoms with Gasteiger partial charge >= 0.3 is 0 Å². The molecule has 1 unspecified atom stereocenters. The van der Waals surface area contributed by atoms with Crippen LogP contribution in [0, 0.1) is 12.8 Å². The Morgan fingerprint density at radius 2 is 1.61 bits per heavy atom. The third-order valence-corrected chi connectivity index (χ3v) is 6.13. The summed E-state index contributed by atoms with van der Waals surface area (Å²) in [6.07, 6.45) is 3.86. The van der Waals surface area contributed by atoms with Crippen LogP contribution in [0.5, 0.6) is 5.75 Å². The number of hydrogen-bond acceptors (Lipinski definition) is 3. The van der Waals surface area contributed by atoms with E-state index in [9.17, 15) is 9.59 Å². The van der Waals surface area contributed by atoms with Crippen LogP contribution in [0.1, 0.15) is 63.5 Å². The molecule has 1 aromatic rings. The van der Waals surface area contributed by atoms with Crippen molar-refractivity contribution in [3.63, 3.8) is 0 Å². The maximum atomic E-state index is 12.8. The third kappa shape index (κ3) is 4.68. The number of hydrogen-bond donors (Lipinski definition) is 0. The van der Waals surface area contributed by atoms with Crippen LogP contribution >= 0.6 is 0 Å². The molecule has 1 saturated heterocycles. The Morgan fingerprint density at radius 1 is 1.00 bits per heavy atom. The van der Waals surface area contributed by atoms with Gasteiger partial charge in [-0.3, -0.25) is 9.59 Å². The molecule has 1 aliphatic carbocycles. The second-order valence-electron chi connectivity index (χ2n) is 8.57. The van der Waals surface area contributed by atoms with Crippen molar-refractivity contribution in [1.29, 1.82) is 0 Å². The Kier molecular flexibility index (Phi) is 6.63. The van der Waals surface area contributed by atoms with Crippen molar-refractivity contribution in [1.82, 2.24) is 9.80 Å². The molecule has 2 amide bonds. The Labute approximate surface area is 169 Å². The quantitative estimate of drug-likeness (QED) is 0.774. The number of carbonyl (C=O) groups is 2. The second kappa shape index (κ2) is 8.97. The Balaban J connectivity index is 1.51. The van der Waals surface area contributed by atoms with E-state index in [-0.39, 0.29) is 17.7 Å². The lowest BCUT2D eigenvalue weighted by atomic mass is 9.98. The maximum absolute atomic E-state index is 12.8. The van der Waals surface area contributed by atoms with Crippen molar-refractivity contribution in [3.8, 4) is 5.75 Å². The number of carbonyl (C=O) groups excluding carboxylic acids is 2. The highest BCUT2D eigenvalue weighted by molar-refractivity contribution is 5.82. The van der Waals surface area contributed by atoms with Crippen LogP contribution in [0.25, 0.3) is 0 Å². The normalized spacial score (nSPS) is 19.2. The minimum absolute atomic E-state index is 0.00134. The molecule has 0 bridgehead atoms. The van der Waals surface area contributed by atoms with Gasteiger partial charge in [-0.1, -0.05) is 32.8 Å². The highest BCUT2D eigenvalue weighted by atomic mass is 16.5. The van der Waals surface area contributed by atoms with Gasteiger partial charge in [-0.05, 0) is 55.9 Å². The highest BCUT2D eigenvalue weighted by Crippen LogP contribution is 2.27. The van der Waals surface area contributed by atoms with Crippen molar-refractivity contribution in [3.05, 3.63) is 29.3 Å². The molecule has 5 nitrogen and oxygen atoms in total. The second-order valence-corrected chi connectivity index (χ2v) is 8.57. The highest BCUT2D eigenvalue weighted by Gasteiger charge is 2.32. The van der Waals surface area contributed by atoms with Crippen molar-refractivity contribution >= 4 is 11.8 Å². The van der Waals surface area contributed by atoms with Gasteiger partial charge in [0, 0.05) is 32.1 Å². The van der Waals surface area contributed by atoms with Crippen molar-refractivity contribution in [2.24, 2.45) is 5.92 Å². The minimum atomic E-state index is -0.526. The van der Waals surface area contributed by atoms with Gasteiger partial charge in [0.1, 0.15) is 5.75 Å². The molecule has 0 spiro atoms. The van der Waals surface area contributed by atoms with Gasteiger partial charge in [-0.25, -0.2) is 0 Å². The number of ether oxygens (including phenoxy) is 1. The Hall–Kier alpha value is -2.04. The van der Waals surface area contributed by atoms with Gasteiger partial charge in [0.25, 0.3) is 5.91 Å². The average molecular weight is 387 g/mol. The Morgan fingerprint density at radius 3 is 2.18 bits per heavy atom. The zero-order chi connectivity index (χ0) is 20.3. The lowest BCUT2D eigenvalue weighted by Gasteiger charge is -2.37. The van der Waals surface area contributed by atoms with E-state index in [0.29, 0.717) is 32.1 Å². The molecule has 1 aromatic carbocycles. The van der Waals surface area contributed by atoms with Gasteiger partial charge < -0.3 is 14.5 Å². The Bertz CT molecular complexity index is 702. The third-order valence-electron chi connectivity index (χ3n) is 6.13. The van der Waals surface area contributed by atoms with Crippen molar-refractivity contribution in [2.75, 3.05) is 26.2 Å². The van der Waals surface area contributed by atoms with Gasteiger partial charge in [0.2, 0.25) is 5.91 Å². The van der Waals surface area contributed by atoms with Crippen molar-refractivity contribution in [2.45, 2.75) is 65.4 Å². The fourth-order valence-electron chi connectivity index (χ4n) is 4.46. The molecule has 154 valence electrons. The molecule has 28 heavy (non-hydrogen) atoms. The number of amides is 2. The number of aryl methyl sites for hydroxylation is 1. The fraction of sp³-hybridized carbons (Fsp3) is 0.652. The molecule has 2 fully saturated rings. The molecule has 3 rings (SSSR count). The summed E-state index contributed by atoms with van der Waals surface area (Å²) in [6, 6.07) is 6.04. The first-order valence-corrected chi connectivity index (χ1v) is 10.7. The monoisotopic (exact) mass is 386 g/mol. The van der Waals surface area contributed by atoms with Gasteiger partial charge in [-0.15, -0.1) is 0 Å². The van der Waals surface area contributed by atoms with Gasteiger partial charge in [0.05, 0.1) is 0 Å². The van der Waals surface area contributed by atoms with Crippen molar-refractivity contribution < 1.29 is 14.3 Å². The predicted molar refractivity (Wildman–Crippen MR) is 110 cm³/mol. The number of benzene rings is 1. The zero-order valence-corrected chi connectivity index (χ0v) is 17.7.